The Kier molecular flexibility index (Phi) is 8.82. The van der Waals surface area contributed by atoms with E-state index in [2.05, 4.69) is 13.8 Å². The van der Waals surface area contributed by atoms with E-state index in [-0.39, 0.29) is 0 Å². The van der Waals surface area contributed by atoms with Gasteiger partial charge < -0.3 is 14.9 Å². The van der Waals surface area contributed by atoms with E-state index in [4.69, 9.17) is 14.9 Å². The van der Waals surface area contributed by atoms with Gasteiger partial charge in [0, 0.05) is 0 Å². The largest absolute Gasteiger partial charge is 0.497 e. The number of carboxylic acid groups (broad SMARTS) is 2. The van der Waals surface area contributed by atoms with Crippen LogP contribution >= 0.6 is 0 Å². The van der Waals surface area contributed by atoms with Gasteiger partial charge in [-0.05, 0) is 65.8 Å². The number of benzene rings is 3. The zero-order valence-electron chi connectivity index (χ0n) is 19.3. The van der Waals surface area contributed by atoms with E-state index >= 15 is 0 Å². The topological polar surface area (TPSA) is 83.8 Å². The number of methoxy groups -OCH3 is 1. The van der Waals surface area contributed by atoms with Crippen molar-refractivity contribution in [2.45, 2.75) is 46.0 Å². The summed E-state index contributed by atoms with van der Waals surface area (Å²) in [6.07, 6.45) is 1.04. The molecule has 0 fully saturated rings. The van der Waals surface area contributed by atoms with Crippen LogP contribution in [0.15, 0.2) is 60.7 Å². The number of carbonyl (C=O) groups is 2. The van der Waals surface area contributed by atoms with Gasteiger partial charge in [-0.25, -0.2) is 0 Å². The molecule has 3 rings (SSSR count). The minimum Gasteiger partial charge on any atom is -0.497 e. The lowest BCUT2D eigenvalue weighted by Gasteiger charge is -2.09. The molecule has 170 valence electrons. The summed E-state index contributed by atoms with van der Waals surface area (Å²) in [6.45, 7) is 7.74. The normalized spacial score (nSPS) is 12.6. The van der Waals surface area contributed by atoms with Crippen molar-refractivity contribution in [1.29, 1.82) is 0 Å². The third-order valence-corrected chi connectivity index (χ3v) is 5.44. The molecule has 2 N–H and O–H groups in total. The molecule has 5 nitrogen and oxygen atoms in total. The molecule has 32 heavy (non-hydrogen) atoms. The summed E-state index contributed by atoms with van der Waals surface area (Å²) in [6, 6.07) is 19.3. The fraction of sp³-hybridized carbons (Fsp3) is 0.333. The van der Waals surface area contributed by atoms with Crippen LogP contribution in [0.25, 0.3) is 10.8 Å². The number of rotatable bonds is 7. The van der Waals surface area contributed by atoms with Crippen LogP contribution in [0.1, 0.15) is 56.2 Å². The number of carboxylic acids is 2. The SMILES string of the molecule is CC(C)Cc1ccc(C(C)C(=O)O)cc1.COc1ccc2cc([C@H](C)C(=O)O)ccc2c1. The lowest BCUT2D eigenvalue weighted by atomic mass is 9.97. The van der Waals surface area contributed by atoms with Crippen molar-refractivity contribution in [3.8, 4) is 5.75 Å². The Labute approximate surface area is 189 Å². The first-order valence-corrected chi connectivity index (χ1v) is 10.7. The van der Waals surface area contributed by atoms with Crippen molar-refractivity contribution in [1.82, 2.24) is 0 Å². The van der Waals surface area contributed by atoms with Gasteiger partial charge in [-0.15, -0.1) is 0 Å². The van der Waals surface area contributed by atoms with Crippen LogP contribution in [0.3, 0.4) is 0 Å². The molecule has 5 heteroatoms. The van der Waals surface area contributed by atoms with E-state index in [1.807, 2.05) is 60.7 Å². The minimum atomic E-state index is -0.808. The second-order valence-corrected chi connectivity index (χ2v) is 8.43. The lowest BCUT2D eigenvalue weighted by Crippen LogP contribution is -2.07. The highest BCUT2D eigenvalue weighted by molar-refractivity contribution is 5.86. The number of fused-ring (bicyclic) bond motifs is 1. The van der Waals surface area contributed by atoms with Gasteiger partial charge in [-0.2, -0.15) is 0 Å². The summed E-state index contributed by atoms with van der Waals surface area (Å²) in [5, 5.41) is 19.9. The summed E-state index contributed by atoms with van der Waals surface area (Å²) >= 11 is 0. The number of aliphatic carboxylic acids is 2. The second kappa shape index (κ2) is 11.3. The monoisotopic (exact) mass is 436 g/mol. The van der Waals surface area contributed by atoms with Gasteiger partial charge in [-0.3, -0.25) is 9.59 Å². The van der Waals surface area contributed by atoms with Gasteiger partial charge in [0.1, 0.15) is 5.75 Å². The van der Waals surface area contributed by atoms with Crippen molar-refractivity contribution in [2.75, 3.05) is 7.11 Å². The molecule has 3 aromatic rings. The van der Waals surface area contributed by atoms with Crippen LogP contribution < -0.4 is 4.74 Å². The first kappa shape index (κ1) is 24.9. The third-order valence-electron chi connectivity index (χ3n) is 5.44. The van der Waals surface area contributed by atoms with E-state index < -0.39 is 23.8 Å². The molecule has 0 aromatic heterocycles. The summed E-state index contributed by atoms with van der Waals surface area (Å²) in [7, 11) is 1.63. The molecule has 2 atom stereocenters. The van der Waals surface area contributed by atoms with Gasteiger partial charge in [0.25, 0.3) is 0 Å². The maximum atomic E-state index is 10.9. The van der Waals surface area contributed by atoms with E-state index in [1.54, 1.807) is 21.0 Å². The van der Waals surface area contributed by atoms with Crippen molar-refractivity contribution >= 4 is 22.7 Å². The second-order valence-electron chi connectivity index (χ2n) is 8.43. The van der Waals surface area contributed by atoms with Gasteiger partial charge in [0.15, 0.2) is 0 Å². The van der Waals surface area contributed by atoms with Crippen LogP contribution in [0, 0.1) is 5.92 Å². The summed E-state index contributed by atoms with van der Waals surface area (Å²) in [5.74, 6) is -1.05. The maximum Gasteiger partial charge on any atom is 0.310 e. The molecule has 0 amide bonds. The Morgan fingerprint density at radius 3 is 1.78 bits per heavy atom. The fourth-order valence-corrected chi connectivity index (χ4v) is 3.34. The Morgan fingerprint density at radius 2 is 1.25 bits per heavy atom. The van der Waals surface area contributed by atoms with E-state index in [1.165, 1.54) is 5.56 Å². The average Bonchev–Trinajstić information content (AvgIpc) is 2.77. The molecule has 0 spiro atoms. The molecule has 0 saturated heterocycles. The molecule has 0 saturated carbocycles. The molecule has 1 unspecified atom stereocenters. The zero-order valence-corrected chi connectivity index (χ0v) is 19.3. The highest BCUT2D eigenvalue weighted by Crippen LogP contribution is 2.25. The van der Waals surface area contributed by atoms with Crippen molar-refractivity contribution in [3.63, 3.8) is 0 Å². The van der Waals surface area contributed by atoms with Crippen LogP contribution in [0.4, 0.5) is 0 Å². The van der Waals surface area contributed by atoms with Gasteiger partial charge in [0.2, 0.25) is 0 Å². The van der Waals surface area contributed by atoms with E-state index in [0.717, 1.165) is 34.1 Å². The quantitative estimate of drug-likeness (QED) is 0.467. The Bertz CT molecular complexity index is 1050. The highest BCUT2D eigenvalue weighted by atomic mass is 16.5. The molecule has 0 aliphatic heterocycles. The third kappa shape index (κ3) is 6.84. The van der Waals surface area contributed by atoms with Gasteiger partial charge >= 0.3 is 11.9 Å². The number of ether oxygens (including phenoxy) is 1. The Hall–Kier alpha value is -3.34. The predicted octanol–water partition coefficient (Wildman–Crippen LogP) is 6.11. The summed E-state index contributed by atoms with van der Waals surface area (Å²) in [5.41, 5.74) is 2.96. The number of hydrogen-bond donors (Lipinski definition) is 2. The first-order valence-electron chi connectivity index (χ1n) is 10.7. The maximum absolute atomic E-state index is 10.9. The average molecular weight is 437 g/mol. The zero-order chi connectivity index (χ0) is 23.8. The molecule has 0 radical (unpaired) electrons. The first-order chi connectivity index (χ1) is 15.1. The molecule has 0 aliphatic carbocycles. The van der Waals surface area contributed by atoms with E-state index in [9.17, 15) is 9.59 Å². The molecule has 0 heterocycles. The molecule has 0 aliphatic rings. The molecular weight excluding hydrogens is 404 g/mol. The van der Waals surface area contributed by atoms with Crippen LogP contribution in [0.2, 0.25) is 0 Å². The predicted molar refractivity (Wildman–Crippen MR) is 128 cm³/mol. The lowest BCUT2D eigenvalue weighted by molar-refractivity contribution is -0.139. The number of hydrogen-bond acceptors (Lipinski definition) is 3. The smallest absolute Gasteiger partial charge is 0.310 e. The van der Waals surface area contributed by atoms with Crippen LogP contribution in [-0.2, 0) is 16.0 Å². The van der Waals surface area contributed by atoms with E-state index in [0.29, 0.717) is 5.92 Å². The molecule has 0 bridgehead atoms. The Balaban J connectivity index is 0.000000229. The highest BCUT2D eigenvalue weighted by Gasteiger charge is 2.14. The van der Waals surface area contributed by atoms with Crippen LogP contribution in [0.5, 0.6) is 5.75 Å². The standard InChI is InChI=1S/C14H14O3.C13H18O2/c1-9(14(15)16)10-3-4-12-8-13(17-2)6-5-11(12)7-10;1-9(2)8-11-4-6-12(7-5-11)10(3)13(14)15/h3-9H,1-2H3,(H,15,16);4-7,9-10H,8H2,1-3H3,(H,14,15)/t9-;/m0./s1. The Morgan fingerprint density at radius 1 is 0.750 bits per heavy atom. The van der Waals surface area contributed by atoms with Crippen molar-refractivity contribution in [2.24, 2.45) is 5.92 Å². The van der Waals surface area contributed by atoms with Crippen molar-refractivity contribution < 1.29 is 24.5 Å². The summed E-state index contributed by atoms with van der Waals surface area (Å²) < 4.78 is 5.14. The van der Waals surface area contributed by atoms with Crippen molar-refractivity contribution in [3.05, 3.63) is 77.4 Å². The minimum absolute atomic E-state index is 0.418. The molecular formula is C27H32O5. The van der Waals surface area contributed by atoms with Gasteiger partial charge in [0.05, 0.1) is 18.9 Å². The fourth-order valence-electron chi connectivity index (χ4n) is 3.34. The van der Waals surface area contributed by atoms with Crippen LogP contribution in [-0.4, -0.2) is 29.3 Å². The molecule has 3 aromatic carbocycles. The van der Waals surface area contributed by atoms with Gasteiger partial charge in [-0.1, -0.05) is 62.4 Å². The summed E-state index contributed by atoms with van der Waals surface area (Å²) in [4.78, 5) is 21.7.